The van der Waals surface area contributed by atoms with E-state index in [-0.39, 0.29) is 19.1 Å². The molecule has 2 saturated heterocycles. The van der Waals surface area contributed by atoms with Gasteiger partial charge in [-0.1, -0.05) is 60.2 Å². The Hall–Kier alpha value is -3.46. The third-order valence-electron chi connectivity index (χ3n) is 7.68. The highest BCUT2D eigenvalue weighted by Crippen LogP contribution is 2.55. The summed E-state index contributed by atoms with van der Waals surface area (Å²) < 4.78 is 11.9. The Balaban J connectivity index is 1.51. The first-order chi connectivity index (χ1) is 18.0. The average Bonchev–Trinajstić information content (AvgIpc) is 3.20. The Morgan fingerprint density at radius 3 is 2.51 bits per heavy atom. The lowest BCUT2D eigenvalue weighted by Crippen LogP contribution is -2.56. The Morgan fingerprint density at radius 2 is 1.78 bits per heavy atom. The summed E-state index contributed by atoms with van der Waals surface area (Å²) in [7, 11) is 0. The summed E-state index contributed by atoms with van der Waals surface area (Å²) >= 11 is 6.08. The van der Waals surface area contributed by atoms with Crippen LogP contribution in [-0.2, 0) is 23.9 Å². The summed E-state index contributed by atoms with van der Waals surface area (Å²) in [6.45, 7) is -0.0777. The Morgan fingerprint density at radius 1 is 1.03 bits per heavy atom. The summed E-state index contributed by atoms with van der Waals surface area (Å²) in [6, 6.07) is 14.0. The quantitative estimate of drug-likeness (QED) is 0.492. The molecule has 2 aromatic rings. The fourth-order valence-corrected chi connectivity index (χ4v) is 6.25. The molecule has 1 N–H and O–H groups in total. The van der Waals surface area contributed by atoms with Crippen molar-refractivity contribution in [2.45, 2.75) is 23.8 Å². The fourth-order valence-electron chi connectivity index (χ4n) is 6.13. The van der Waals surface area contributed by atoms with Gasteiger partial charge in [-0.2, -0.15) is 0 Å². The Bertz CT molecular complexity index is 1300. The number of aliphatic hydroxyl groups is 1. The van der Waals surface area contributed by atoms with Crippen molar-refractivity contribution in [3.05, 3.63) is 89.5 Å². The maximum Gasteiger partial charge on any atom is 0.313 e. The van der Waals surface area contributed by atoms with Gasteiger partial charge < -0.3 is 24.4 Å². The van der Waals surface area contributed by atoms with E-state index >= 15 is 0 Å². The number of benzene rings is 2. The first-order valence-electron chi connectivity index (χ1n) is 12.2. The van der Waals surface area contributed by atoms with Gasteiger partial charge in [0.25, 0.3) is 5.91 Å². The number of aliphatic hydroxyl groups excluding tert-OH is 1. The molecule has 0 aromatic heterocycles. The molecule has 6 atom stereocenters. The van der Waals surface area contributed by atoms with Crippen molar-refractivity contribution in [2.24, 2.45) is 11.8 Å². The molecule has 37 heavy (non-hydrogen) atoms. The number of likely N-dealkylation sites (tertiary alicyclic amines) is 1. The summed E-state index contributed by atoms with van der Waals surface area (Å²) in [5, 5.41) is 11.0. The van der Waals surface area contributed by atoms with E-state index in [9.17, 15) is 19.5 Å². The normalized spacial score (nSPS) is 31.4. The van der Waals surface area contributed by atoms with Gasteiger partial charge in [0, 0.05) is 17.3 Å². The van der Waals surface area contributed by atoms with Gasteiger partial charge in [-0.05, 0) is 35.9 Å². The molecular formula is C28H25ClN2O6. The minimum Gasteiger partial charge on any atom is -0.461 e. The molecule has 1 unspecified atom stereocenters. The van der Waals surface area contributed by atoms with Crippen molar-refractivity contribution in [3.63, 3.8) is 0 Å². The number of hydrogen-bond acceptors (Lipinski definition) is 6. The minimum atomic E-state index is -1.41. The van der Waals surface area contributed by atoms with Crippen LogP contribution in [0.5, 0.6) is 0 Å². The average molecular weight is 521 g/mol. The van der Waals surface area contributed by atoms with E-state index in [0.29, 0.717) is 16.3 Å². The van der Waals surface area contributed by atoms with E-state index in [2.05, 4.69) is 0 Å². The van der Waals surface area contributed by atoms with Gasteiger partial charge in [0.05, 0.1) is 24.7 Å². The van der Waals surface area contributed by atoms with Gasteiger partial charge in [-0.15, -0.1) is 0 Å². The van der Waals surface area contributed by atoms with Crippen molar-refractivity contribution >= 4 is 35.1 Å². The molecule has 8 nitrogen and oxygen atoms in total. The molecule has 0 aliphatic carbocycles. The van der Waals surface area contributed by atoms with Crippen molar-refractivity contribution in [1.82, 2.24) is 4.90 Å². The lowest BCUT2D eigenvalue weighted by atomic mass is 9.78. The predicted octanol–water partition coefficient (Wildman–Crippen LogP) is 2.67. The summed E-state index contributed by atoms with van der Waals surface area (Å²) in [5.74, 6) is -3.23. The zero-order valence-electron chi connectivity index (χ0n) is 19.8. The van der Waals surface area contributed by atoms with Gasteiger partial charge >= 0.3 is 5.97 Å². The van der Waals surface area contributed by atoms with Crippen molar-refractivity contribution in [2.75, 3.05) is 24.7 Å². The molecule has 0 radical (unpaired) electrons. The van der Waals surface area contributed by atoms with Crippen molar-refractivity contribution < 1.29 is 29.0 Å². The molecule has 6 rings (SSSR count). The topological polar surface area (TPSA) is 96.4 Å². The van der Waals surface area contributed by atoms with Crippen LogP contribution in [0.2, 0.25) is 5.02 Å². The molecule has 0 bridgehead atoms. The number of anilines is 1. The molecule has 4 aliphatic rings. The summed E-state index contributed by atoms with van der Waals surface area (Å²) in [5.41, 5.74) is -0.126. The minimum absolute atomic E-state index is 0.0959. The van der Waals surface area contributed by atoms with E-state index in [0.717, 1.165) is 0 Å². The molecule has 9 heteroatoms. The molecule has 190 valence electrons. The van der Waals surface area contributed by atoms with Crippen LogP contribution in [0.3, 0.4) is 0 Å². The monoisotopic (exact) mass is 520 g/mol. The summed E-state index contributed by atoms with van der Waals surface area (Å²) in [4.78, 5) is 44.7. The molecule has 4 heterocycles. The first-order valence-corrected chi connectivity index (χ1v) is 12.6. The summed E-state index contributed by atoms with van der Waals surface area (Å²) in [6.07, 6.45) is 6.27. The van der Waals surface area contributed by atoms with Crippen LogP contribution in [-0.4, -0.2) is 65.3 Å². The lowest BCUT2D eigenvalue weighted by molar-refractivity contribution is -0.153. The largest absolute Gasteiger partial charge is 0.461 e. The first kappa shape index (κ1) is 23.9. The fraction of sp³-hybridized carbons (Fsp3) is 0.321. The number of rotatable bonds is 4. The number of carbonyl (C=O) groups is 3. The molecular weight excluding hydrogens is 496 g/mol. The van der Waals surface area contributed by atoms with E-state index < -0.39 is 54.1 Å². The number of fused-ring (bicyclic) bond motifs is 2. The van der Waals surface area contributed by atoms with Gasteiger partial charge in [0.15, 0.2) is 0 Å². The second kappa shape index (κ2) is 9.13. The van der Waals surface area contributed by atoms with E-state index in [1.807, 2.05) is 18.2 Å². The van der Waals surface area contributed by atoms with Crippen LogP contribution in [0.4, 0.5) is 5.69 Å². The van der Waals surface area contributed by atoms with Crippen LogP contribution in [0.15, 0.2) is 78.9 Å². The van der Waals surface area contributed by atoms with Crippen molar-refractivity contribution in [1.29, 1.82) is 0 Å². The van der Waals surface area contributed by atoms with Crippen LogP contribution in [0, 0.1) is 11.8 Å². The highest BCUT2D eigenvalue weighted by molar-refractivity contribution is 6.30. The Kier molecular flexibility index (Phi) is 5.90. The number of nitrogens with zero attached hydrogens (tertiary/aromatic N) is 2. The second-order valence-corrected chi connectivity index (χ2v) is 10.0. The van der Waals surface area contributed by atoms with Crippen LogP contribution >= 0.6 is 11.6 Å². The van der Waals surface area contributed by atoms with Crippen LogP contribution in [0.25, 0.3) is 0 Å². The third kappa shape index (κ3) is 3.62. The molecule has 2 amide bonds. The van der Waals surface area contributed by atoms with Gasteiger partial charge in [0.2, 0.25) is 5.91 Å². The van der Waals surface area contributed by atoms with Gasteiger partial charge in [-0.25, -0.2) is 0 Å². The number of ether oxygens (including phenoxy) is 2. The smallest absolute Gasteiger partial charge is 0.313 e. The van der Waals surface area contributed by atoms with Crippen molar-refractivity contribution in [3.8, 4) is 0 Å². The zero-order valence-corrected chi connectivity index (χ0v) is 20.5. The number of hydrogen-bond donors (Lipinski definition) is 1. The number of halogens is 1. The van der Waals surface area contributed by atoms with Crippen LogP contribution in [0.1, 0.15) is 11.6 Å². The number of esters is 1. The van der Waals surface area contributed by atoms with E-state index in [1.165, 1.54) is 4.90 Å². The van der Waals surface area contributed by atoms with Crippen LogP contribution < -0.4 is 4.90 Å². The maximum absolute atomic E-state index is 14.4. The van der Waals surface area contributed by atoms with Gasteiger partial charge in [-0.3, -0.25) is 14.4 Å². The highest BCUT2D eigenvalue weighted by Gasteiger charge is 2.72. The van der Waals surface area contributed by atoms with E-state index in [4.69, 9.17) is 21.1 Å². The third-order valence-corrected chi connectivity index (χ3v) is 7.93. The molecule has 0 saturated carbocycles. The maximum atomic E-state index is 14.4. The predicted molar refractivity (Wildman–Crippen MR) is 135 cm³/mol. The molecule has 4 aliphatic heterocycles. The molecule has 2 aromatic carbocycles. The number of amides is 2. The second-order valence-electron chi connectivity index (χ2n) is 9.58. The molecule has 1 spiro atoms. The van der Waals surface area contributed by atoms with Gasteiger partial charge in [0.1, 0.15) is 24.2 Å². The SMILES string of the molecule is O=C1OCC=C[C@H]2O[C@]34C=CCN(c5ccc(Cl)cc5)C(=O)C3N([C@H](CO)c3ccccc3)C(=O)[C@@H]4[C@@H]12. The zero-order chi connectivity index (χ0) is 25.7. The Labute approximate surface area is 218 Å². The molecule has 2 fully saturated rings. The van der Waals surface area contributed by atoms with E-state index in [1.54, 1.807) is 65.6 Å². The highest BCUT2D eigenvalue weighted by atomic mass is 35.5. The lowest BCUT2D eigenvalue weighted by Gasteiger charge is -2.38. The number of carbonyl (C=O) groups excluding carboxylic acids is 3. The standard InChI is InChI=1S/C28H25ClN2O6/c29-18-9-11-19(12-10-18)30-14-5-13-28-23(22-21(37-28)8-4-15-36-27(22)35)25(33)31(24(28)26(30)34)20(16-32)17-6-2-1-3-7-17/h1-13,20-24,32H,14-16H2/t20-,21-,22+,23+,24?,28+/m1/s1. The number of cyclic esters (lactones) is 1.